The van der Waals surface area contributed by atoms with Crippen molar-refractivity contribution < 1.29 is 9.21 Å². The van der Waals surface area contributed by atoms with Crippen molar-refractivity contribution in [1.82, 2.24) is 10.2 Å². The number of nitrogens with one attached hydrogen (secondary N) is 1. The zero-order chi connectivity index (χ0) is 17.3. The van der Waals surface area contributed by atoms with Crippen LogP contribution in [0.25, 0.3) is 11.0 Å². The molecule has 0 atom stereocenters. The number of aromatic nitrogens is 2. The molecule has 8 heteroatoms. The number of carbonyl (C=O) groups excluding carboxylic acids is 1. The molecule has 1 amide bonds. The van der Waals surface area contributed by atoms with Crippen molar-refractivity contribution in [3.63, 3.8) is 0 Å². The van der Waals surface area contributed by atoms with Gasteiger partial charge in [0.25, 0.3) is 5.91 Å². The number of anilines is 1. The SMILES string of the molecule is CCCSc1nnc(NC(=O)c2oc3cc(C)c(Cl)cc3c2C)s1. The number of carbonyl (C=O) groups is 1. The summed E-state index contributed by atoms with van der Waals surface area (Å²) in [7, 11) is 0. The van der Waals surface area contributed by atoms with Gasteiger partial charge in [0, 0.05) is 21.7 Å². The summed E-state index contributed by atoms with van der Waals surface area (Å²) in [4.78, 5) is 12.5. The van der Waals surface area contributed by atoms with Gasteiger partial charge in [0.1, 0.15) is 5.58 Å². The highest BCUT2D eigenvalue weighted by atomic mass is 35.5. The molecule has 3 rings (SSSR count). The third kappa shape index (κ3) is 3.43. The number of halogens is 1. The number of thioether (sulfide) groups is 1. The summed E-state index contributed by atoms with van der Waals surface area (Å²) in [6, 6.07) is 3.66. The van der Waals surface area contributed by atoms with Gasteiger partial charge in [-0.1, -0.05) is 41.6 Å². The standard InChI is InChI=1S/C16H16ClN3O2S2/c1-4-5-23-16-20-19-15(24-16)18-14(21)13-9(3)10-7-11(17)8(2)6-12(10)22-13/h6-7H,4-5H2,1-3H3,(H,18,19,21). The van der Waals surface area contributed by atoms with Crippen LogP contribution in [0.15, 0.2) is 20.9 Å². The van der Waals surface area contributed by atoms with Crippen LogP contribution in [0.5, 0.6) is 0 Å². The summed E-state index contributed by atoms with van der Waals surface area (Å²) in [5.41, 5.74) is 2.32. The van der Waals surface area contributed by atoms with Gasteiger partial charge in [-0.05, 0) is 38.0 Å². The van der Waals surface area contributed by atoms with E-state index in [0.29, 0.717) is 15.7 Å². The molecule has 126 valence electrons. The minimum Gasteiger partial charge on any atom is -0.451 e. The van der Waals surface area contributed by atoms with Crippen molar-refractivity contribution in [1.29, 1.82) is 0 Å². The fourth-order valence-electron chi connectivity index (χ4n) is 2.22. The Hall–Kier alpha value is -1.57. The summed E-state index contributed by atoms with van der Waals surface area (Å²) >= 11 is 9.15. The van der Waals surface area contributed by atoms with Gasteiger partial charge in [0.05, 0.1) is 0 Å². The van der Waals surface area contributed by atoms with Gasteiger partial charge in [0.2, 0.25) is 5.13 Å². The van der Waals surface area contributed by atoms with Crippen LogP contribution in [-0.2, 0) is 0 Å². The second kappa shape index (κ2) is 7.13. The average molecular weight is 382 g/mol. The molecule has 0 spiro atoms. The second-order valence-electron chi connectivity index (χ2n) is 5.33. The fraction of sp³-hybridized carbons (Fsp3) is 0.312. The Balaban J connectivity index is 1.83. The smallest absolute Gasteiger partial charge is 0.293 e. The van der Waals surface area contributed by atoms with Crippen LogP contribution < -0.4 is 5.32 Å². The molecule has 0 bridgehead atoms. The summed E-state index contributed by atoms with van der Waals surface area (Å²) in [6.45, 7) is 5.85. The first-order valence-electron chi connectivity index (χ1n) is 7.46. The molecule has 0 aliphatic rings. The number of benzene rings is 1. The third-order valence-electron chi connectivity index (χ3n) is 3.48. The summed E-state index contributed by atoms with van der Waals surface area (Å²) < 4.78 is 6.56. The minimum atomic E-state index is -0.333. The number of nitrogens with zero attached hydrogens (tertiary/aromatic N) is 2. The topological polar surface area (TPSA) is 68.0 Å². The molecule has 1 N–H and O–H groups in total. The molecule has 5 nitrogen and oxygen atoms in total. The fourth-order valence-corrected chi connectivity index (χ4v) is 4.06. The molecule has 0 aliphatic heterocycles. The lowest BCUT2D eigenvalue weighted by Crippen LogP contribution is -2.11. The van der Waals surface area contributed by atoms with Crippen molar-refractivity contribution >= 4 is 56.7 Å². The maximum Gasteiger partial charge on any atom is 0.293 e. The first-order valence-corrected chi connectivity index (χ1v) is 9.64. The van der Waals surface area contributed by atoms with E-state index in [1.165, 1.54) is 11.3 Å². The van der Waals surface area contributed by atoms with E-state index in [0.717, 1.165) is 33.0 Å². The molecule has 0 aliphatic carbocycles. The number of fused-ring (bicyclic) bond motifs is 1. The van der Waals surface area contributed by atoms with Gasteiger partial charge >= 0.3 is 0 Å². The molecular weight excluding hydrogens is 366 g/mol. The number of amides is 1. The van der Waals surface area contributed by atoms with Crippen molar-refractivity contribution in [2.75, 3.05) is 11.1 Å². The van der Waals surface area contributed by atoms with Crippen molar-refractivity contribution in [2.24, 2.45) is 0 Å². The van der Waals surface area contributed by atoms with Gasteiger partial charge in [-0.15, -0.1) is 10.2 Å². The highest BCUT2D eigenvalue weighted by Crippen LogP contribution is 2.31. The van der Waals surface area contributed by atoms with E-state index in [1.807, 2.05) is 26.0 Å². The molecule has 1 aromatic carbocycles. The maximum absolute atomic E-state index is 12.5. The summed E-state index contributed by atoms with van der Waals surface area (Å²) in [5.74, 6) is 0.913. The number of hydrogen-bond donors (Lipinski definition) is 1. The first-order chi connectivity index (χ1) is 11.5. The summed E-state index contributed by atoms with van der Waals surface area (Å²) in [6.07, 6.45) is 1.06. The van der Waals surface area contributed by atoms with Crippen LogP contribution in [0, 0.1) is 13.8 Å². The average Bonchev–Trinajstić information content (AvgIpc) is 3.11. The van der Waals surface area contributed by atoms with Crippen LogP contribution >= 0.6 is 34.7 Å². The zero-order valence-corrected chi connectivity index (χ0v) is 15.9. The van der Waals surface area contributed by atoms with Gasteiger partial charge in [-0.2, -0.15) is 0 Å². The maximum atomic E-state index is 12.5. The van der Waals surface area contributed by atoms with Crippen molar-refractivity contribution in [3.05, 3.63) is 34.0 Å². The predicted octanol–water partition coefficient (Wildman–Crippen LogP) is 5.31. The normalized spacial score (nSPS) is 11.2. The highest BCUT2D eigenvalue weighted by Gasteiger charge is 2.20. The number of aryl methyl sites for hydroxylation is 2. The molecule has 0 radical (unpaired) electrons. The monoisotopic (exact) mass is 381 g/mol. The lowest BCUT2D eigenvalue weighted by Gasteiger charge is -1.98. The van der Waals surface area contributed by atoms with E-state index in [2.05, 4.69) is 22.4 Å². The molecule has 0 unspecified atom stereocenters. The van der Waals surface area contributed by atoms with E-state index < -0.39 is 0 Å². The Bertz CT molecular complexity index is 904. The van der Waals surface area contributed by atoms with Crippen LogP contribution in [0.4, 0.5) is 5.13 Å². The van der Waals surface area contributed by atoms with Crippen LogP contribution in [-0.4, -0.2) is 21.9 Å². The third-order valence-corrected chi connectivity index (χ3v) is 6.07. The Kier molecular flexibility index (Phi) is 5.12. The van der Waals surface area contributed by atoms with Crippen LogP contribution in [0.1, 0.15) is 35.0 Å². The molecule has 0 saturated carbocycles. The molecule has 3 aromatic rings. The van der Waals surface area contributed by atoms with E-state index in [4.69, 9.17) is 16.0 Å². The molecule has 2 heterocycles. The quantitative estimate of drug-likeness (QED) is 0.479. The molecule has 0 fully saturated rings. The number of hydrogen-bond acceptors (Lipinski definition) is 6. The van der Waals surface area contributed by atoms with E-state index >= 15 is 0 Å². The van der Waals surface area contributed by atoms with Crippen LogP contribution in [0.3, 0.4) is 0 Å². The van der Waals surface area contributed by atoms with Gasteiger partial charge in [-0.25, -0.2) is 0 Å². The Labute approximate surface area is 152 Å². The second-order valence-corrected chi connectivity index (χ2v) is 8.06. The zero-order valence-electron chi connectivity index (χ0n) is 13.5. The van der Waals surface area contributed by atoms with Crippen molar-refractivity contribution in [2.45, 2.75) is 31.5 Å². The number of furan rings is 1. The summed E-state index contributed by atoms with van der Waals surface area (Å²) in [5, 5.41) is 12.8. The largest absolute Gasteiger partial charge is 0.451 e. The minimum absolute atomic E-state index is 0.268. The molecular formula is C16H16ClN3O2S2. The Morgan fingerprint density at radius 3 is 2.92 bits per heavy atom. The van der Waals surface area contributed by atoms with E-state index in [1.54, 1.807) is 11.8 Å². The van der Waals surface area contributed by atoms with Crippen LogP contribution in [0.2, 0.25) is 5.02 Å². The molecule has 2 aromatic heterocycles. The Morgan fingerprint density at radius 1 is 1.38 bits per heavy atom. The first kappa shape index (κ1) is 17.3. The lowest BCUT2D eigenvalue weighted by atomic mass is 10.1. The van der Waals surface area contributed by atoms with E-state index in [-0.39, 0.29) is 11.7 Å². The van der Waals surface area contributed by atoms with Gasteiger partial charge in [0.15, 0.2) is 10.1 Å². The lowest BCUT2D eigenvalue weighted by molar-refractivity contribution is 0.0998. The van der Waals surface area contributed by atoms with E-state index in [9.17, 15) is 4.79 Å². The predicted molar refractivity (Wildman–Crippen MR) is 99.6 cm³/mol. The Morgan fingerprint density at radius 2 is 2.17 bits per heavy atom. The van der Waals surface area contributed by atoms with Gasteiger partial charge < -0.3 is 4.42 Å². The molecule has 0 saturated heterocycles. The molecule has 24 heavy (non-hydrogen) atoms. The highest BCUT2D eigenvalue weighted by molar-refractivity contribution is 8.01. The van der Waals surface area contributed by atoms with Crippen molar-refractivity contribution in [3.8, 4) is 0 Å². The number of rotatable bonds is 5. The van der Waals surface area contributed by atoms with Gasteiger partial charge in [-0.3, -0.25) is 10.1 Å².